The SMILES string of the molecule is CCN1C(=O)/C(=C2/Sc3ccccc3N2C)SC1=Nc1cc(C#N)ccc1N(C)C. The van der Waals surface area contributed by atoms with E-state index >= 15 is 0 Å². The fraction of sp³-hybridized carbons (Fsp3) is 0.227. The van der Waals surface area contributed by atoms with E-state index in [9.17, 15) is 10.1 Å². The van der Waals surface area contributed by atoms with Crippen molar-refractivity contribution in [2.24, 2.45) is 4.99 Å². The molecule has 30 heavy (non-hydrogen) atoms. The van der Waals surface area contributed by atoms with Crippen LogP contribution in [0.3, 0.4) is 0 Å². The Morgan fingerprint density at radius 2 is 1.93 bits per heavy atom. The van der Waals surface area contributed by atoms with Crippen LogP contribution in [0.25, 0.3) is 0 Å². The molecule has 0 radical (unpaired) electrons. The molecule has 0 aromatic heterocycles. The van der Waals surface area contributed by atoms with Gasteiger partial charge < -0.3 is 9.80 Å². The van der Waals surface area contributed by atoms with Crippen molar-refractivity contribution in [1.82, 2.24) is 4.90 Å². The summed E-state index contributed by atoms with van der Waals surface area (Å²) in [6.07, 6.45) is 0. The number of likely N-dealkylation sites (N-methyl/N-ethyl adjacent to an activating group) is 1. The Hall–Kier alpha value is -2.89. The summed E-state index contributed by atoms with van der Waals surface area (Å²) in [6, 6.07) is 15.7. The first-order valence-corrected chi connectivity index (χ1v) is 11.1. The van der Waals surface area contributed by atoms with Crippen molar-refractivity contribution in [3.05, 3.63) is 58.0 Å². The summed E-state index contributed by atoms with van der Waals surface area (Å²) in [5.74, 6) is -0.0359. The normalized spacial score (nSPS) is 19.4. The third-order valence-electron chi connectivity index (χ3n) is 4.91. The standard InChI is InChI=1S/C22H21N5OS2/c1-5-27-20(28)19(21-26(4)17-8-6-7-9-18(17)29-21)30-22(27)24-15-12-14(13-23)10-11-16(15)25(2)3/h6-12H,5H2,1-4H3/b21-19-,24-22?. The maximum Gasteiger partial charge on any atom is 0.269 e. The number of anilines is 2. The first-order chi connectivity index (χ1) is 14.4. The molecule has 0 atom stereocenters. The number of amides is 1. The van der Waals surface area contributed by atoms with Crippen LogP contribution in [-0.2, 0) is 4.79 Å². The second-order valence-electron chi connectivity index (χ2n) is 7.02. The van der Waals surface area contributed by atoms with Crippen molar-refractivity contribution in [3.8, 4) is 6.07 Å². The summed E-state index contributed by atoms with van der Waals surface area (Å²) >= 11 is 3.01. The quantitative estimate of drug-likeness (QED) is 0.656. The fourth-order valence-corrected chi connectivity index (χ4v) is 5.76. The molecule has 1 fully saturated rings. The minimum Gasteiger partial charge on any atom is -0.376 e. The molecule has 0 N–H and O–H groups in total. The van der Waals surface area contributed by atoms with Crippen molar-refractivity contribution in [3.63, 3.8) is 0 Å². The van der Waals surface area contributed by atoms with Gasteiger partial charge in [-0.1, -0.05) is 23.9 Å². The Bertz CT molecular complexity index is 1130. The number of thioether (sulfide) groups is 2. The number of hydrogen-bond donors (Lipinski definition) is 0. The molecule has 152 valence electrons. The van der Waals surface area contributed by atoms with Crippen LogP contribution in [-0.4, -0.2) is 43.7 Å². The van der Waals surface area contributed by atoms with Crippen LogP contribution in [0.1, 0.15) is 12.5 Å². The Balaban J connectivity index is 1.77. The van der Waals surface area contributed by atoms with Gasteiger partial charge in [0, 0.05) is 32.6 Å². The van der Waals surface area contributed by atoms with Gasteiger partial charge in [0.05, 0.1) is 33.7 Å². The predicted octanol–water partition coefficient (Wildman–Crippen LogP) is 4.62. The Morgan fingerprint density at radius 3 is 2.60 bits per heavy atom. The highest BCUT2D eigenvalue weighted by molar-refractivity contribution is 8.19. The Morgan fingerprint density at radius 1 is 1.17 bits per heavy atom. The van der Waals surface area contributed by atoms with Crippen LogP contribution >= 0.6 is 23.5 Å². The molecule has 0 aliphatic carbocycles. The van der Waals surface area contributed by atoms with E-state index in [0.717, 1.165) is 21.3 Å². The van der Waals surface area contributed by atoms with Crippen molar-refractivity contribution in [2.75, 3.05) is 37.5 Å². The van der Waals surface area contributed by atoms with Gasteiger partial charge in [0.1, 0.15) is 4.91 Å². The molecular formula is C22H21N5OS2. The third-order valence-corrected chi connectivity index (χ3v) is 7.35. The number of carbonyl (C=O) groups is 1. The average molecular weight is 436 g/mol. The average Bonchev–Trinajstić information content (AvgIpc) is 3.24. The smallest absolute Gasteiger partial charge is 0.269 e. The third kappa shape index (κ3) is 3.44. The number of nitriles is 1. The lowest BCUT2D eigenvalue weighted by molar-refractivity contribution is -0.122. The highest BCUT2D eigenvalue weighted by Crippen LogP contribution is 2.50. The molecule has 4 rings (SSSR count). The monoisotopic (exact) mass is 435 g/mol. The first kappa shape index (κ1) is 20.4. The molecule has 0 spiro atoms. The summed E-state index contributed by atoms with van der Waals surface area (Å²) in [6.45, 7) is 2.47. The van der Waals surface area contributed by atoms with E-state index in [1.54, 1.807) is 28.8 Å². The highest BCUT2D eigenvalue weighted by atomic mass is 32.2. The van der Waals surface area contributed by atoms with Crippen LogP contribution < -0.4 is 9.80 Å². The van der Waals surface area contributed by atoms with Gasteiger partial charge >= 0.3 is 0 Å². The molecule has 0 saturated carbocycles. The van der Waals surface area contributed by atoms with Gasteiger partial charge in [0.25, 0.3) is 5.91 Å². The second-order valence-corrected chi connectivity index (χ2v) is 9.03. The lowest BCUT2D eigenvalue weighted by Gasteiger charge is -2.17. The van der Waals surface area contributed by atoms with Gasteiger partial charge in [-0.2, -0.15) is 5.26 Å². The van der Waals surface area contributed by atoms with E-state index in [1.807, 2.05) is 51.2 Å². The minimum atomic E-state index is -0.0359. The molecule has 2 aliphatic rings. The van der Waals surface area contributed by atoms with Gasteiger partial charge in [0.2, 0.25) is 0 Å². The van der Waals surface area contributed by atoms with Gasteiger partial charge in [-0.3, -0.25) is 9.69 Å². The van der Waals surface area contributed by atoms with Gasteiger partial charge in [-0.15, -0.1) is 0 Å². The number of nitrogens with zero attached hydrogens (tertiary/aromatic N) is 5. The Kier molecular flexibility index (Phi) is 5.50. The van der Waals surface area contributed by atoms with Crippen molar-refractivity contribution in [2.45, 2.75) is 11.8 Å². The summed E-state index contributed by atoms with van der Waals surface area (Å²) in [4.78, 5) is 25.6. The van der Waals surface area contributed by atoms with Crippen LogP contribution in [0.15, 0.2) is 62.3 Å². The summed E-state index contributed by atoms with van der Waals surface area (Å²) in [5.41, 5.74) is 3.21. The van der Waals surface area contributed by atoms with Gasteiger partial charge in [-0.05, 0) is 49.0 Å². The number of para-hydroxylation sites is 1. The lowest BCUT2D eigenvalue weighted by atomic mass is 10.2. The number of fused-ring (bicyclic) bond motifs is 1. The number of hydrogen-bond acceptors (Lipinski definition) is 7. The molecule has 6 nitrogen and oxygen atoms in total. The predicted molar refractivity (Wildman–Crippen MR) is 125 cm³/mol. The number of aliphatic imine (C=N–C) groups is 1. The van der Waals surface area contributed by atoms with E-state index in [-0.39, 0.29) is 5.91 Å². The summed E-state index contributed by atoms with van der Waals surface area (Å²) < 4.78 is 0. The van der Waals surface area contributed by atoms with Crippen molar-refractivity contribution in [1.29, 1.82) is 5.26 Å². The molecule has 0 unspecified atom stereocenters. The molecule has 2 aliphatic heterocycles. The minimum absolute atomic E-state index is 0.0359. The molecule has 2 aromatic carbocycles. The van der Waals surface area contributed by atoms with Gasteiger partial charge in [-0.25, -0.2) is 4.99 Å². The maximum absolute atomic E-state index is 13.2. The molecule has 1 amide bonds. The fourth-order valence-electron chi connectivity index (χ4n) is 3.36. The van der Waals surface area contributed by atoms with Crippen LogP contribution in [0.5, 0.6) is 0 Å². The maximum atomic E-state index is 13.2. The summed E-state index contributed by atoms with van der Waals surface area (Å²) in [5, 5.41) is 10.9. The van der Waals surface area contributed by atoms with Crippen LogP contribution in [0, 0.1) is 11.3 Å². The van der Waals surface area contributed by atoms with E-state index in [0.29, 0.717) is 27.9 Å². The zero-order valence-corrected chi connectivity index (χ0v) is 18.8. The van der Waals surface area contributed by atoms with Crippen molar-refractivity contribution < 1.29 is 4.79 Å². The second kappa shape index (κ2) is 8.09. The molecule has 0 bridgehead atoms. The number of amidine groups is 1. The summed E-state index contributed by atoms with van der Waals surface area (Å²) in [7, 11) is 5.86. The van der Waals surface area contributed by atoms with E-state index in [4.69, 9.17) is 4.99 Å². The zero-order valence-electron chi connectivity index (χ0n) is 17.2. The topological polar surface area (TPSA) is 62.9 Å². The largest absolute Gasteiger partial charge is 0.376 e. The van der Waals surface area contributed by atoms with E-state index < -0.39 is 0 Å². The Labute approximate surface area is 184 Å². The van der Waals surface area contributed by atoms with Crippen molar-refractivity contribution >= 4 is 51.7 Å². The van der Waals surface area contributed by atoms with E-state index in [1.165, 1.54) is 11.8 Å². The number of rotatable bonds is 3. The molecule has 2 aromatic rings. The molecule has 2 heterocycles. The van der Waals surface area contributed by atoms with Crippen LogP contribution in [0.4, 0.5) is 17.1 Å². The number of carbonyl (C=O) groups excluding carboxylic acids is 1. The molecule has 8 heteroatoms. The van der Waals surface area contributed by atoms with Crippen LogP contribution in [0.2, 0.25) is 0 Å². The van der Waals surface area contributed by atoms with E-state index in [2.05, 4.69) is 23.1 Å². The molecule has 1 saturated heterocycles. The molecular weight excluding hydrogens is 414 g/mol. The first-order valence-electron chi connectivity index (χ1n) is 9.49. The van der Waals surface area contributed by atoms with Gasteiger partial charge in [0.15, 0.2) is 5.17 Å². The zero-order chi connectivity index (χ0) is 21.4. The number of benzene rings is 2. The lowest BCUT2D eigenvalue weighted by Crippen LogP contribution is -2.29. The highest BCUT2D eigenvalue weighted by Gasteiger charge is 2.38.